The van der Waals surface area contributed by atoms with Gasteiger partial charge in [-0.05, 0) is 55.2 Å². The molecule has 0 amide bonds. The van der Waals surface area contributed by atoms with Crippen molar-refractivity contribution < 1.29 is 4.42 Å². The predicted octanol–water partition coefficient (Wildman–Crippen LogP) is 3.05. The van der Waals surface area contributed by atoms with Gasteiger partial charge < -0.3 is 10.2 Å². The van der Waals surface area contributed by atoms with Crippen molar-refractivity contribution in [2.75, 3.05) is 0 Å². The maximum absolute atomic E-state index is 11.8. The molecular formula is C17H22N2O2. The highest BCUT2D eigenvalue weighted by atomic mass is 16.4. The van der Waals surface area contributed by atoms with Crippen LogP contribution in [0, 0.1) is 17.8 Å². The van der Waals surface area contributed by atoms with E-state index in [4.69, 9.17) is 10.2 Å². The molecule has 0 spiro atoms. The second-order valence-electron chi connectivity index (χ2n) is 6.55. The van der Waals surface area contributed by atoms with Crippen molar-refractivity contribution in [3.63, 3.8) is 0 Å². The molecule has 4 heteroatoms. The third-order valence-corrected chi connectivity index (χ3v) is 5.53. The van der Waals surface area contributed by atoms with Gasteiger partial charge in [0.25, 0.3) is 0 Å². The number of aryl methyl sites for hydroxylation is 1. The number of nitrogens with two attached hydrogens (primary N) is 1. The van der Waals surface area contributed by atoms with Gasteiger partial charge in [-0.25, -0.2) is 4.79 Å². The van der Waals surface area contributed by atoms with Crippen LogP contribution in [0.4, 0.5) is 0 Å². The van der Waals surface area contributed by atoms with Crippen LogP contribution < -0.4 is 11.5 Å². The van der Waals surface area contributed by atoms with Crippen molar-refractivity contribution >= 4 is 11.1 Å². The third kappa shape index (κ3) is 1.96. The molecule has 4 nitrogen and oxygen atoms in total. The molecule has 2 N–H and O–H groups in total. The number of fused-ring (bicyclic) bond motifs is 2. The number of oxazole rings is 1. The monoisotopic (exact) mass is 286 g/mol. The summed E-state index contributed by atoms with van der Waals surface area (Å²) in [6.07, 6.45) is 5.40. The van der Waals surface area contributed by atoms with Crippen LogP contribution >= 0.6 is 0 Å². The zero-order chi connectivity index (χ0) is 14.6. The van der Waals surface area contributed by atoms with Crippen molar-refractivity contribution in [2.45, 2.75) is 45.2 Å². The first-order valence-electron chi connectivity index (χ1n) is 8.09. The van der Waals surface area contributed by atoms with Gasteiger partial charge in [-0.15, -0.1) is 0 Å². The van der Waals surface area contributed by atoms with E-state index in [-0.39, 0.29) is 11.8 Å². The van der Waals surface area contributed by atoms with E-state index in [1.807, 2.05) is 19.1 Å². The molecule has 2 fully saturated rings. The molecule has 0 bridgehead atoms. The first-order valence-corrected chi connectivity index (χ1v) is 8.09. The topological polar surface area (TPSA) is 61.2 Å². The maximum Gasteiger partial charge on any atom is 0.419 e. The first-order chi connectivity index (χ1) is 10.2. The smallest absolute Gasteiger partial charge is 0.408 e. The van der Waals surface area contributed by atoms with Crippen molar-refractivity contribution in [1.29, 1.82) is 0 Å². The Morgan fingerprint density at radius 1 is 1.33 bits per heavy atom. The molecule has 0 radical (unpaired) electrons. The summed E-state index contributed by atoms with van der Waals surface area (Å²) in [5, 5.41) is 0. The van der Waals surface area contributed by atoms with Crippen LogP contribution in [-0.4, -0.2) is 4.57 Å². The fourth-order valence-corrected chi connectivity index (χ4v) is 4.39. The Labute approximate surface area is 123 Å². The minimum atomic E-state index is -0.279. The van der Waals surface area contributed by atoms with Gasteiger partial charge >= 0.3 is 5.76 Å². The molecule has 2 aliphatic rings. The molecule has 0 aliphatic heterocycles. The molecule has 4 rings (SSSR count). The lowest BCUT2D eigenvalue weighted by Gasteiger charge is -2.12. The van der Waals surface area contributed by atoms with Gasteiger partial charge in [0.15, 0.2) is 5.58 Å². The molecule has 2 saturated carbocycles. The summed E-state index contributed by atoms with van der Waals surface area (Å²) < 4.78 is 7.01. The van der Waals surface area contributed by atoms with Gasteiger partial charge in [-0.2, -0.15) is 0 Å². The quantitative estimate of drug-likeness (QED) is 0.943. The highest BCUT2D eigenvalue weighted by molar-refractivity contribution is 5.74. The minimum absolute atomic E-state index is 0.0813. The molecule has 2 aliphatic carbocycles. The summed E-state index contributed by atoms with van der Waals surface area (Å²) in [7, 11) is 0. The zero-order valence-electron chi connectivity index (χ0n) is 12.4. The van der Waals surface area contributed by atoms with Crippen LogP contribution in [0.5, 0.6) is 0 Å². The van der Waals surface area contributed by atoms with Crippen molar-refractivity contribution in [1.82, 2.24) is 4.57 Å². The SMILES string of the molecule is CCn1c(=O)oc2cc(C(N)C3C4CCCCC43)ccc21. The lowest BCUT2D eigenvalue weighted by molar-refractivity contribution is 0.480. The van der Waals surface area contributed by atoms with Crippen LogP contribution in [0.25, 0.3) is 11.1 Å². The highest BCUT2D eigenvalue weighted by Gasteiger charge is 2.53. The summed E-state index contributed by atoms with van der Waals surface area (Å²) in [5.41, 5.74) is 9.14. The normalized spacial score (nSPS) is 29.3. The van der Waals surface area contributed by atoms with Crippen molar-refractivity contribution in [2.24, 2.45) is 23.5 Å². The van der Waals surface area contributed by atoms with Gasteiger partial charge in [-0.1, -0.05) is 18.9 Å². The van der Waals surface area contributed by atoms with Gasteiger partial charge in [0.2, 0.25) is 0 Å². The Morgan fingerprint density at radius 3 is 2.71 bits per heavy atom. The number of aromatic nitrogens is 1. The molecule has 3 unspecified atom stereocenters. The number of rotatable bonds is 3. The second-order valence-corrected chi connectivity index (χ2v) is 6.55. The van der Waals surface area contributed by atoms with Crippen LogP contribution in [0.2, 0.25) is 0 Å². The van der Waals surface area contributed by atoms with E-state index < -0.39 is 0 Å². The Hall–Kier alpha value is -1.55. The number of hydrogen-bond acceptors (Lipinski definition) is 3. The highest BCUT2D eigenvalue weighted by Crippen LogP contribution is 2.59. The summed E-state index contributed by atoms with van der Waals surface area (Å²) in [4.78, 5) is 11.8. The standard InChI is InChI=1S/C17H22N2O2/c1-2-19-13-8-7-10(9-14(13)21-17(19)20)16(18)15-11-5-3-4-6-12(11)15/h7-9,11-12,15-16H,2-6,18H2,1H3. The number of nitrogens with zero attached hydrogens (tertiary/aromatic N) is 1. The van der Waals surface area contributed by atoms with Crippen LogP contribution in [-0.2, 0) is 6.54 Å². The van der Waals surface area contributed by atoms with Crippen LogP contribution in [0.3, 0.4) is 0 Å². The minimum Gasteiger partial charge on any atom is -0.408 e. The third-order valence-electron chi connectivity index (χ3n) is 5.53. The largest absolute Gasteiger partial charge is 0.419 e. The molecule has 1 aromatic heterocycles. The van der Waals surface area contributed by atoms with E-state index in [2.05, 4.69) is 6.07 Å². The summed E-state index contributed by atoms with van der Waals surface area (Å²) in [6.45, 7) is 2.58. The van der Waals surface area contributed by atoms with Gasteiger partial charge in [0, 0.05) is 12.6 Å². The van der Waals surface area contributed by atoms with E-state index in [9.17, 15) is 4.79 Å². The Morgan fingerprint density at radius 2 is 2.05 bits per heavy atom. The molecule has 1 aromatic carbocycles. The number of hydrogen-bond donors (Lipinski definition) is 1. The summed E-state index contributed by atoms with van der Waals surface area (Å²) >= 11 is 0. The van der Waals surface area contributed by atoms with E-state index in [1.165, 1.54) is 25.7 Å². The van der Waals surface area contributed by atoms with Gasteiger partial charge in [0.1, 0.15) is 0 Å². The molecule has 2 aromatic rings. The molecule has 112 valence electrons. The Kier molecular flexibility index (Phi) is 2.96. The van der Waals surface area contributed by atoms with Crippen molar-refractivity contribution in [3.8, 4) is 0 Å². The molecule has 21 heavy (non-hydrogen) atoms. The first kappa shape index (κ1) is 13.1. The van der Waals surface area contributed by atoms with Crippen molar-refractivity contribution in [3.05, 3.63) is 34.3 Å². The van der Waals surface area contributed by atoms with E-state index in [0.717, 1.165) is 22.9 Å². The van der Waals surface area contributed by atoms with Crippen LogP contribution in [0.1, 0.15) is 44.2 Å². The van der Waals surface area contributed by atoms with Gasteiger partial charge in [-0.3, -0.25) is 4.57 Å². The molecule has 1 heterocycles. The lowest BCUT2D eigenvalue weighted by Crippen LogP contribution is -2.14. The molecule has 3 atom stereocenters. The zero-order valence-corrected chi connectivity index (χ0v) is 12.4. The average molecular weight is 286 g/mol. The van der Waals surface area contributed by atoms with E-state index >= 15 is 0 Å². The van der Waals surface area contributed by atoms with E-state index in [0.29, 0.717) is 18.0 Å². The Bertz CT molecular complexity index is 718. The average Bonchev–Trinajstić information content (AvgIpc) is 3.14. The van der Waals surface area contributed by atoms with Crippen LogP contribution in [0.15, 0.2) is 27.4 Å². The fraction of sp³-hybridized carbons (Fsp3) is 0.588. The lowest BCUT2D eigenvalue weighted by atomic mass is 10.0. The Balaban J connectivity index is 1.66. The van der Waals surface area contributed by atoms with E-state index in [1.54, 1.807) is 4.57 Å². The summed E-state index contributed by atoms with van der Waals surface area (Å²) in [5.74, 6) is 2.01. The molecular weight excluding hydrogens is 264 g/mol. The number of benzene rings is 1. The summed E-state index contributed by atoms with van der Waals surface area (Å²) in [6, 6.07) is 6.10. The van der Waals surface area contributed by atoms with Gasteiger partial charge in [0.05, 0.1) is 5.52 Å². The second kappa shape index (κ2) is 4.73. The molecule has 0 saturated heterocycles. The maximum atomic E-state index is 11.8. The predicted molar refractivity (Wildman–Crippen MR) is 82.0 cm³/mol. The fourth-order valence-electron chi connectivity index (χ4n) is 4.39.